The van der Waals surface area contributed by atoms with E-state index in [1.54, 1.807) is 0 Å². The van der Waals surface area contributed by atoms with Gasteiger partial charge in [-0.2, -0.15) is 0 Å². The summed E-state index contributed by atoms with van der Waals surface area (Å²) in [5, 5.41) is 0. The molecule has 0 aromatic rings. The lowest BCUT2D eigenvalue weighted by atomic mass is 9.60. The second kappa shape index (κ2) is 1.59. The maximum absolute atomic E-state index is 5.53. The van der Waals surface area contributed by atoms with E-state index in [0.717, 1.165) is 6.42 Å². The second-order valence-electron chi connectivity index (χ2n) is 3.85. The SMILES string of the molecule is CC1CC2(C)OBOC12C. The molecule has 2 nitrogen and oxygen atoms in total. The summed E-state index contributed by atoms with van der Waals surface area (Å²) >= 11 is 0. The van der Waals surface area contributed by atoms with Crippen molar-refractivity contribution in [1.29, 1.82) is 0 Å². The smallest absolute Gasteiger partial charge is 0.406 e. The van der Waals surface area contributed by atoms with Crippen LogP contribution in [0.4, 0.5) is 0 Å². The summed E-state index contributed by atoms with van der Waals surface area (Å²) in [6, 6.07) is 0. The lowest BCUT2D eigenvalue weighted by molar-refractivity contribution is -0.154. The molecular weight excluding hydrogens is 127 g/mol. The highest BCUT2D eigenvalue weighted by atomic mass is 16.7. The van der Waals surface area contributed by atoms with Crippen molar-refractivity contribution in [3.05, 3.63) is 0 Å². The van der Waals surface area contributed by atoms with Crippen LogP contribution in [-0.4, -0.2) is 18.9 Å². The fourth-order valence-corrected chi connectivity index (χ4v) is 2.15. The van der Waals surface area contributed by atoms with Gasteiger partial charge in [0.05, 0.1) is 11.2 Å². The third kappa shape index (κ3) is 0.497. The van der Waals surface area contributed by atoms with Crippen LogP contribution < -0.4 is 0 Å². The molecule has 0 N–H and O–H groups in total. The molecule has 0 amide bonds. The van der Waals surface area contributed by atoms with Crippen LogP contribution >= 0.6 is 0 Å². The molecule has 0 radical (unpaired) electrons. The van der Waals surface area contributed by atoms with E-state index < -0.39 is 0 Å². The first-order chi connectivity index (χ1) is 4.58. The Labute approximate surface area is 62.2 Å². The molecule has 0 spiro atoms. The lowest BCUT2D eigenvalue weighted by Gasteiger charge is -2.54. The molecule has 0 aromatic heterocycles. The van der Waals surface area contributed by atoms with Gasteiger partial charge in [-0.15, -0.1) is 0 Å². The Bertz CT molecular complexity index is 173. The van der Waals surface area contributed by atoms with Gasteiger partial charge >= 0.3 is 7.69 Å². The highest BCUT2D eigenvalue weighted by Crippen LogP contribution is 2.54. The van der Waals surface area contributed by atoms with E-state index in [1.807, 2.05) is 0 Å². The Morgan fingerprint density at radius 1 is 1.40 bits per heavy atom. The summed E-state index contributed by atoms with van der Waals surface area (Å²) in [7, 11) is 0.483. The monoisotopic (exact) mass is 140 g/mol. The summed E-state index contributed by atoms with van der Waals surface area (Å²) in [6.45, 7) is 6.50. The van der Waals surface area contributed by atoms with E-state index >= 15 is 0 Å². The fourth-order valence-electron chi connectivity index (χ4n) is 2.15. The molecule has 56 valence electrons. The predicted octanol–water partition coefficient (Wildman–Crippen LogP) is 0.857. The van der Waals surface area contributed by atoms with Crippen molar-refractivity contribution in [1.82, 2.24) is 0 Å². The first-order valence-electron chi connectivity index (χ1n) is 3.86. The number of hydrogen-bond acceptors (Lipinski definition) is 2. The molecular formula is C7H13BO2. The van der Waals surface area contributed by atoms with Crippen LogP contribution in [0.3, 0.4) is 0 Å². The van der Waals surface area contributed by atoms with Crippen molar-refractivity contribution in [3.63, 3.8) is 0 Å². The summed E-state index contributed by atoms with van der Waals surface area (Å²) < 4.78 is 11.0. The molecule has 10 heavy (non-hydrogen) atoms. The third-order valence-corrected chi connectivity index (χ3v) is 3.42. The Hall–Kier alpha value is -0.0151. The average Bonchev–Trinajstić information content (AvgIpc) is 2.07. The second-order valence-corrected chi connectivity index (χ2v) is 3.85. The van der Waals surface area contributed by atoms with Gasteiger partial charge < -0.3 is 9.31 Å². The molecule has 0 aromatic carbocycles. The molecule has 1 aliphatic heterocycles. The van der Waals surface area contributed by atoms with Crippen LogP contribution in [0, 0.1) is 5.92 Å². The van der Waals surface area contributed by atoms with Crippen LogP contribution in [0.2, 0.25) is 0 Å². The van der Waals surface area contributed by atoms with Crippen molar-refractivity contribution in [3.8, 4) is 0 Å². The van der Waals surface area contributed by atoms with E-state index in [2.05, 4.69) is 20.8 Å². The van der Waals surface area contributed by atoms with Gasteiger partial charge in [0.15, 0.2) is 0 Å². The van der Waals surface area contributed by atoms with E-state index in [1.165, 1.54) is 0 Å². The van der Waals surface area contributed by atoms with Gasteiger partial charge in [-0.05, 0) is 26.2 Å². The standard InChI is InChI=1S/C7H13BO2/c1-5-4-6(2)7(5,3)10-8-9-6/h5,8H,4H2,1-3H3. The minimum atomic E-state index is 0.00694. The topological polar surface area (TPSA) is 18.5 Å². The number of rotatable bonds is 0. The molecule has 1 saturated heterocycles. The predicted molar refractivity (Wildman–Crippen MR) is 39.9 cm³/mol. The summed E-state index contributed by atoms with van der Waals surface area (Å²) in [5.41, 5.74) is 0.0272. The summed E-state index contributed by atoms with van der Waals surface area (Å²) in [6.07, 6.45) is 1.14. The average molecular weight is 140 g/mol. The van der Waals surface area contributed by atoms with Gasteiger partial charge in [0, 0.05) is 0 Å². The van der Waals surface area contributed by atoms with Gasteiger partial charge in [0.25, 0.3) is 0 Å². The quantitative estimate of drug-likeness (QED) is 0.464. The zero-order valence-electron chi connectivity index (χ0n) is 6.81. The highest BCUT2D eigenvalue weighted by Gasteiger charge is 2.63. The largest absolute Gasteiger partial charge is 0.439 e. The van der Waals surface area contributed by atoms with Crippen molar-refractivity contribution >= 4 is 7.69 Å². The van der Waals surface area contributed by atoms with Crippen LogP contribution in [0.15, 0.2) is 0 Å². The lowest BCUT2D eigenvalue weighted by Crippen LogP contribution is -2.62. The maximum atomic E-state index is 5.53. The molecule has 0 bridgehead atoms. The Morgan fingerprint density at radius 3 is 2.50 bits per heavy atom. The molecule has 2 aliphatic rings. The molecule has 1 aliphatic carbocycles. The van der Waals surface area contributed by atoms with Crippen LogP contribution in [0.25, 0.3) is 0 Å². The summed E-state index contributed by atoms with van der Waals surface area (Å²) in [4.78, 5) is 0. The van der Waals surface area contributed by atoms with Gasteiger partial charge in [0.2, 0.25) is 0 Å². The van der Waals surface area contributed by atoms with E-state index in [9.17, 15) is 0 Å². The van der Waals surface area contributed by atoms with Crippen molar-refractivity contribution in [2.45, 2.75) is 38.4 Å². The van der Waals surface area contributed by atoms with Crippen molar-refractivity contribution in [2.75, 3.05) is 0 Å². The van der Waals surface area contributed by atoms with Crippen molar-refractivity contribution in [2.24, 2.45) is 5.92 Å². The highest BCUT2D eigenvalue weighted by molar-refractivity contribution is 6.19. The van der Waals surface area contributed by atoms with Crippen LogP contribution in [0.1, 0.15) is 27.2 Å². The minimum absolute atomic E-state index is 0.00694. The normalized spacial score (nSPS) is 58.9. The molecule has 3 heteroatoms. The van der Waals surface area contributed by atoms with Gasteiger partial charge in [0.1, 0.15) is 0 Å². The molecule has 2 fully saturated rings. The Morgan fingerprint density at radius 2 is 2.10 bits per heavy atom. The van der Waals surface area contributed by atoms with Crippen LogP contribution in [0.5, 0.6) is 0 Å². The zero-order valence-corrected chi connectivity index (χ0v) is 6.81. The maximum Gasteiger partial charge on any atom is 0.439 e. The molecule has 1 saturated carbocycles. The molecule has 3 unspecified atom stereocenters. The Balaban J connectivity index is 2.27. The van der Waals surface area contributed by atoms with Crippen LogP contribution in [-0.2, 0) is 9.31 Å². The third-order valence-electron chi connectivity index (χ3n) is 3.42. The van der Waals surface area contributed by atoms with Gasteiger partial charge in [-0.3, -0.25) is 0 Å². The number of hydrogen-bond donors (Lipinski definition) is 0. The fraction of sp³-hybridized carbons (Fsp3) is 1.00. The van der Waals surface area contributed by atoms with Gasteiger partial charge in [-0.1, -0.05) is 6.92 Å². The van der Waals surface area contributed by atoms with Gasteiger partial charge in [-0.25, -0.2) is 0 Å². The molecule has 3 atom stereocenters. The van der Waals surface area contributed by atoms with E-state index in [4.69, 9.17) is 9.31 Å². The summed E-state index contributed by atoms with van der Waals surface area (Å²) in [5.74, 6) is 0.653. The first-order valence-corrected chi connectivity index (χ1v) is 3.86. The number of fused-ring (bicyclic) bond motifs is 1. The van der Waals surface area contributed by atoms with E-state index in [-0.39, 0.29) is 11.2 Å². The Kier molecular flexibility index (Phi) is 1.06. The molecule has 1 heterocycles. The minimum Gasteiger partial charge on any atom is -0.406 e. The van der Waals surface area contributed by atoms with Crippen molar-refractivity contribution < 1.29 is 9.31 Å². The van der Waals surface area contributed by atoms with E-state index in [0.29, 0.717) is 13.6 Å². The molecule has 2 rings (SSSR count). The zero-order chi connectivity index (χ0) is 7.41. The first kappa shape index (κ1) is 6.68.